The van der Waals surface area contributed by atoms with E-state index in [-0.39, 0.29) is 54.6 Å². The van der Waals surface area contributed by atoms with E-state index in [0.29, 0.717) is 11.1 Å². The number of piperazine rings is 1. The Kier molecular flexibility index (Phi) is 7.89. The molecule has 0 aromatic heterocycles. The zero-order valence-electron chi connectivity index (χ0n) is 19.9. The maximum Gasteiger partial charge on any atom is 0.251 e. The minimum absolute atomic E-state index is 0.0606. The fourth-order valence-corrected chi connectivity index (χ4v) is 5.36. The molecule has 0 saturated carbocycles. The van der Waals surface area contributed by atoms with E-state index in [1.165, 1.54) is 23.4 Å². The lowest BCUT2D eigenvalue weighted by atomic mass is 10.0. The Bertz CT molecular complexity index is 1180. The maximum atomic E-state index is 13.2. The van der Waals surface area contributed by atoms with Crippen LogP contribution in [0.1, 0.15) is 47.1 Å². The molecule has 182 valence electrons. The molecule has 0 radical (unpaired) electrons. The Balaban J connectivity index is 1.68. The van der Waals surface area contributed by atoms with Gasteiger partial charge in [0.1, 0.15) is 6.04 Å². The van der Waals surface area contributed by atoms with Crippen LogP contribution >= 0.6 is 0 Å². The van der Waals surface area contributed by atoms with Crippen LogP contribution in [0, 0.1) is 12.8 Å². The molecule has 2 aromatic rings. The molecule has 1 heterocycles. The molecule has 0 bridgehead atoms. The van der Waals surface area contributed by atoms with E-state index in [4.69, 9.17) is 0 Å². The summed E-state index contributed by atoms with van der Waals surface area (Å²) < 4.78 is 27.5. The third-order valence-electron chi connectivity index (χ3n) is 5.93. The van der Waals surface area contributed by atoms with E-state index >= 15 is 0 Å². The largest absolute Gasteiger partial charge is 0.340 e. The van der Waals surface area contributed by atoms with E-state index < -0.39 is 16.1 Å². The second kappa shape index (κ2) is 10.5. The second-order valence-electron chi connectivity index (χ2n) is 8.88. The van der Waals surface area contributed by atoms with Gasteiger partial charge in [-0.15, -0.1) is 0 Å². The Hall–Kier alpha value is -3.04. The fourth-order valence-electron chi connectivity index (χ4n) is 3.89. The number of nitrogens with zero attached hydrogens (tertiary/aromatic N) is 2. The highest BCUT2D eigenvalue weighted by Crippen LogP contribution is 2.20. The van der Waals surface area contributed by atoms with Crippen LogP contribution < -0.4 is 5.32 Å². The van der Waals surface area contributed by atoms with Crippen molar-refractivity contribution >= 4 is 27.6 Å². The van der Waals surface area contributed by atoms with Crippen molar-refractivity contribution in [2.24, 2.45) is 5.92 Å². The number of sulfonamides is 1. The number of hydrogen-bond donors (Lipinski definition) is 1. The lowest BCUT2D eigenvalue weighted by Gasteiger charge is -2.36. The Morgan fingerprint density at radius 1 is 0.912 bits per heavy atom. The first-order valence-corrected chi connectivity index (χ1v) is 12.7. The van der Waals surface area contributed by atoms with Crippen LogP contribution in [0.15, 0.2) is 53.4 Å². The van der Waals surface area contributed by atoms with Crippen molar-refractivity contribution in [3.63, 3.8) is 0 Å². The summed E-state index contributed by atoms with van der Waals surface area (Å²) in [5, 5.41) is 2.85. The van der Waals surface area contributed by atoms with Crippen LogP contribution in [0.4, 0.5) is 0 Å². The van der Waals surface area contributed by atoms with Crippen molar-refractivity contribution in [1.82, 2.24) is 14.5 Å². The topological polar surface area (TPSA) is 104 Å². The number of benzene rings is 2. The molecular formula is C25H31N3O5S. The van der Waals surface area contributed by atoms with Gasteiger partial charge < -0.3 is 10.2 Å². The monoisotopic (exact) mass is 485 g/mol. The molecule has 1 aliphatic rings. The lowest BCUT2D eigenvalue weighted by molar-refractivity contribution is -0.135. The summed E-state index contributed by atoms with van der Waals surface area (Å²) >= 11 is 0. The van der Waals surface area contributed by atoms with E-state index in [0.717, 1.165) is 5.56 Å². The summed E-state index contributed by atoms with van der Waals surface area (Å²) in [4.78, 5) is 39.2. The van der Waals surface area contributed by atoms with Crippen molar-refractivity contribution in [3.8, 4) is 0 Å². The van der Waals surface area contributed by atoms with Crippen LogP contribution in [-0.2, 0) is 14.8 Å². The molecular weight excluding hydrogens is 454 g/mol. The molecule has 2 aromatic carbocycles. The van der Waals surface area contributed by atoms with Gasteiger partial charge in [0.25, 0.3) is 5.91 Å². The third kappa shape index (κ3) is 5.71. The van der Waals surface area contributed by atoms with Gasteiger partial charge in [-0.25, -0.2) is 8.42 Å². The van der Waals surface area contributed by atoms with E-state index in [1.54, 1.807) is 35.2 Å². The Labute approximate surface area is 201 Å². The number of hydrogen-bond acceptors (Lipinski definition) is 5. The number of carbonyl (C=O) groups is 3. The van der Waals surface area contributed by atoms with Crippen molar-refractivity contribution in [3.05, 3.63) is 65.2 Å². The lowest BCUT2D eigenvalue weighted by Crippen LogP contribution is -2.57. The highest BCUT2D eigenvalue weighted by Gasteiger charge is 2.34. The van der Waals surface area contributed by atoms with Crippen molar-refractivity contribution in [2.75, 3.05) is 26.2 Å². The van der Waals surface area contributed by atoms with Crippen molar-refractivity contribution < 1.29 is 22.8 Å². The summed E-state index contributed by atoms with van der Waals surface area (Å²) in [5.74, 6) is -0.897. The Morgan fingerprint density at radius 2 is 1.53 bits per heavy atom. The fraction of sp³-hybridized carbons (Fsp3) is 0.400. The van der Waals surface area contributed by atoms with E-state index in [9.17, 15) is 22.8 Å². The highest BCUT2D eigenvalue weighted by molar-refractivity contribution is 7.89. The SMILES string of the molecule is CC(=O)c1cccc(S(=O)(=O)N2CCN(C(=O)[C@@H](NC(=O)c3cccc(C)c3)C(C)C)CC2)c1. The summed E-state index contributed by atoms with van der Waals surface area (Å²) in [6.07, 6.45) is 0. The molecule has 2 amide bonds. The van der Waals surface area contributed by atoms with Crippen LogP contribution in [0.25, 0.3) is 0 Å². The molecule has 0 unspecified atom stereocenters. The smallest absolute Gasteiger partial charge is 0.251 e. The summed E-state index contributed by atoms with van der Waals surface area (Å²) in [7, 11) is -3.79. The van der Waals surface area contributed by atoms with Crippen LogP contribution in [0.3, 0.4) is 0 Å². The molecule has 9 heteroatoms. The number of aryl methyl sites for hydroxylation is 1. The third-order valence-corrected chi connectivity index (χ3v) is 7.82. The zero-order valence-corrected chi connectivity index (χ0v) is 20.8. The average molecular weight is 486 g/mol. The van der Waals surface area contributed by atoms with Gasteiger partial charge in [0.15, 0.2) is 5.78 Å². The first-order chi connectivity index (χ1) is 16.0. The number of amides is 2. The molecule has 1 atom stereocenters. The number of rotatable bonds is 7. The first kappa shape index (κ1) is 25.6. The number of ketones is 1. The predicted molar refractivity (Wildman–Crippen MR) is 129 cm³/mol. The van der Waals surface area contributed by atoms with Gasteiger partial charge >= 0.3 is 0 Å². The van der Waals surface area contributed by atoms with Gasteiger partial charge in [-0.2, -0.15) is 4.31 Å². The zero-order chi connectivity index (χ0) is 25.0. The molecule has 34 heavy (non-hydrogen) atoms. The van der Waals surface area contributed by atoms with Gasteiger partial charge in [0.2, 0.25) is 15.9 Å². The van der Waals surface area contributed by atoms with Gasteiger partial charge in [-0.05, 0) is 44.0 Å². The van der Waals surface area contributed by atoms with Crippen LogP contribution in [0.5, 0.6) is 0 Å². The van der Waals surface area contributed by atoms with Crippen molar-refractivity contribution in [2.45, 2.75) is 38.6 Å². The maximum absolute atomic E-state index is 13.2. The molecule has 1 saturated heterocycles. The summed E-state index contributed by atoms with van der Waals surface area (Å²) in [5.41, 5.74) is 1.77. The highest BCUT2D eigenvalue weighted by atomic mass is 32.2. The standard InChI is InChI=1S/C25H31N3O5S/c1-17(2)23(26-24(30)21-9-5-7-18(3)15-21)25(31)27-11-13-28(14-12-27)34(32,33)22-10-6-8-20(16-22)19(4)29/h5-10,15-17,23H,11-14H2,1-4H3,(H,26,30)/t23-/m0/s1. The number of Topliss-reactive ketones (excluding diaryl/α,β-unsaturated/α-hetero) is 1. The molecule has 0 aliphatic carbocycles. The minimum atomic E-state index is -3.79. The quantitative estimate of drug-likeness (QED) is 0.607. The van der Waals surface area contributed by atoms with E-state index in [1.807, 2.05) is 26.8 Å². The van der Waals surface area contributed by atoms with E-state index in [2.05, 4.69) is 5.32 Å². The second-order valence-corrected chi connectivity index (χ2v) is 10.8. The molecule has 1 N–H and O–H groups in total. The van der Waals surface area contributed by atoms with Gasteiger partial charge in [0, 0.05) is 37.3 Å². The predicted octanol–water partition coefficient (Wildman–Crippen LogP) is 2.49. The minimum Gasteiger partial charge on any atom is -0.340 e. The average Bonchev–Trinajstić information content (AvgIpc) is 2.82. The first-order valence-electron chi connectivity index (χ1n) is 11.3. The summed E-state index contributed by atoms with van der Waals surface area (Å²) in [6.45, 7) is 7.71. The Morgan fingerprint density at radius 3 is 2.12 bits per heavy atom. The van der Waals surface area contributed by atoms with Crippen molar-refractivity contribution in [1.29, 1.82) is 0 Å². The molecule has 1 aliphatic heterocycles. The van der Waals surface area contributed by atoms with Gasteiger partial charge in [-0.3, -0.25) is 14.4 Å². The number of carbonyl (C=O) groups excluding carboxylic acids is 3. The normalized spacial score (nSPS) is 15.7. The van der Waals surface area contributed by atoms with Gasteiger partial charge in [-0.1, -0.05) is 43.7 Å². The van der Waals surface area contributed by atoms with Gasteiger partial charge in [0.05, 0.1) is 4.90 Å². The number of nitrogens with one attached hydrogen (secondary N) is 1. The molecule has 8 nitrogen and oxygen atoms in total. The molecule has 3 rings (SSSR count). The van der Waals surface area contributed by atoms with Crippen LogP contribution in [0.2, 0.25) is 0 Å². The molecule has 1 fully saturated rings. The van der Waals surface area contributed by atoms with Crippen LogP contribution in [-0.4, -0.2) is 67.4 Å². The summed E-state index contributed by atoms with van der Waals surface area (Å²) in [6, 6.07) is 12.4. The molecule has 0 spiro atoms.